The average Bonchev–Trinajstić information content (AvgIpc) is 3.17. The number of methoxy groups -OCH3 is 1. The molecule has 6 nitrogen and oxygen atoms in total. The fourth-order valence-corrected chi connectivity index (χ4v) is 4.63. The Labute approximate surface area is 218 Å². The molecule has 1 fully saturated rings. The van der Waals surface area contributed by atoms with Crippen molar-refractivity contribution in [2.24, 2.45) is 4.99 Å². The van der Waals surface area contributed by atoms with Crippen molar-refractivity contribution in [3.8, 4) is 11.5 Å². The Morgan fingerprint density at radius 1 is 1.20 bits per heavy atom. The molecule has 0 spiro atoms. The van der Waals surface area contributed by atoms with Gasteiger partial charge in [-0.3, -0.25) is 9.59 Å². The normalized spacial score (nSPS) is 15.4. The molecule has 3 aromatic carbocycles. The Morgan fingerprint density at radius 2 is 1.94 bits per heavy atom. The minimum absolute atomic E-state index is 0.0157. The summed E-state index contributed by atoms with van der Waals surface area (Å²) in [5.41, 5.74) is 1.41. The molecule has 1 heterocycles. The molecule has 3 aromatic rings. The van der Waals surface area contributed by atoms with E-state index < -0.39 is 5.91 Å². The summed E-state index contributed by atoms with van der Waals surface area (Å²) < 4.78 is 25.7. The van der Waals surface area contributed by atoms with Crippen molar-refractivity contribution in [1.29, 1.82) is 0 Å². The number of benzene rings is 3. The molecule has 0 saturated carbocycles. The van der Waals surface area contributed by atoms with Crippen molar-refractivity contribution in [2.45, 2.75) is 6.61 Å². The van der Waals surface area contributed by atoms with Crippen molar-refractivity contribution >= 4 is 62.4 Å². The molecule has 4 rings (SSSR count). The van der Waals surface area contributed by atoms with Crippen molar-refractivity contribution in [3.63, 3.8) is 0 Å². The number of hydrogen-bond acceptors (Lipinski definition) is 5. The highest BCUT2D eigenvalue weighted by Gasteiger charge is 2.25. The number of ether oxygens (including phenoxy) is 2. The monoisotopic (exact) mass is 574 g/mol. The van der Waals surface area contributed by atoms with Gasteiger partial charge in [0.05, 0.1) is 16.5 Å². The largest absolute Gasteiger partial charge is 0.493 e. The van der Waals surface area contributed by atoms with E-state index in [0.717, 1.165) is 11.8 Å². The maximum Gasteiger partial charge on any atom is 0.279 e. The number of hydrogen-bond donors (Lipinski definition) is 1. The SMILES string of the molecule is COc1cc(/C=C2\SC(=NC(=O)c3ccc(Cl)cc3)NC2=O)cc(Br)c1OCc1ccccc1F. The third-order valence-corrected chi connectivity index (χ3v) is 6.58. The number of carbonyl (C=O) groups excluding carboxylic acids is 2. The summed E-state index contributed by atoms with van der Waals surface area (Å²) in [7, 11) is 1.48. The van der Waals surface area contributed by atoms with Gasteiger partial charge < -0.3 is 14.8 Å². The first-order chi connectivity index (χ1) is 16.8. The third kappa shape index (κ3) is 6.11. The number of nitrogens with one attached hydrogen (secondary N) is 1. The van der Waals surface area contributed by atoms with E-state index in [2.05, 4.69) is 26.2 Å². The zero-order valence-electron chi connectivity index (χ0n) is 18.2. The number of halogens is 3. The Morgan fingerprint density at radius 3 is 2.66 bits per heavy atom. The van der Waals surface area contributed by atoms with Crippen molar-refractivity contribution in [3.05, 3.63) is 97.6 Å². The Balaban J connectivity index is 1.52. The fraction of sp³-hybridized carbons (Fsp3) is 0.0800. The van der Waals surface area contributed by atoms with Crippen LogP contribution in [-0.4, -0.2) is 24.1 Å². The van der Waals surface area contributed by atoms with Crippen LogP contribution in [0.2, 0.25) is 5.02 Å². The van der Waals surface area contributed by atoms with Gasteiger partial charge in [0, 0.05) is 16.1 Å². The number of amidine groups is 1. The number of aliphatic imine (C=N–C) groups is 1. The summed E-state index contributed by atoms with van der Waals surface area (Å²) in [6.45, 7) is 0.0157. The first-order valence-corrected chi connectivity index (χ1v) is 12.2. The molecule has 1 aliphatic rings. The average molecular weight is 576 g/mol. The third-order valence-electron chi connectivity index (χ3n) is 4.82. The van der Waals surface area contributed by atoms with Gasteiger partial charge in [-0.25, -0.2) is 4.39 Å². The molecule has 0 aromatic heterocycles. The molecular weight excluding hydrogens is 559 g/mol. The van der Waals surface area contributed by atoms with Crippen LogP contribution in [0.3, 0.4) is 0 Å². The molecule has 0 aliphatic carbocycles. The minimum atomic E-state index is -0.494. The molecule has 0 unspecified atom stereocenters. The van der Waals surface area contributed by atoms with Gasteiger partial charge in [0.2, 0.25) is 0 Å². The van der Waals surface area contributed by atoms with E-state index in [9.17, 15) is 14.0 Å². The molecule has 0 radical (unpaired) electrons. The van der Waals surface area contributed by atoms with Crippen LogP contribution in [0.25, 0.3) is 6.08 Å². The van der Waals surface area contributed by atoms with E-state index in [1.165, 1.54) is 13.2 Å². The van der Waals surface area contributed by atoms with E-state index >= 15 is 0 Å². The number of carbonyl (C=O) groups is 2. The molecular formula is C25H17BrClFN2O4S. The number of amides is 2. The van der Waals surface area contributed by atoms with E-state index in [1.54, 1.807) is 60.7 Å². The van der Waals surface area contributed by atoms with Crippen LogP contribution in [0, 0.1) is 5.82 Å². The molecule has 1 N–H and O–H groups in total. The second kappa shape index (κ2) is 11.1. The topological polar surface area (TPSA) is 77.0 Å². The van der Waals surface area contributed by atoms with Crippen LogP contribution in [0.1, 0.15) is 21.5 Å². The molecule has 10 heteroatoms. The summed E-state index contributed by atoms with van der Waals surface area (Å²) >= 11 is 10.3. The lowest BCUT2D eigenvalue weighted by Crippen LogP contribution is -2.20. The lowest BCUT2D eigenvalue weighted by molar-refractivity contribution is -0.115. The van der Waals surface area contributed by atoms with Crippen molar-refractivity contribution in [1.82, 2.24) is 5.32 Å². The maximum atomic E-state index is 13.9. The minimum Gasteiger partial charge on any atom is -0.493 e. The van der Waals surface area contributed by atoms with Crippen LogP contribution in [0.4, 0.5) is 4.39 Å². The van der Waals surface area contributed by atoms with Gasteiger partial charge in [-0.1, -0.05) is 29.8 Å². The van der Waals surface area contributed by atoms with Crippen LogP contribution in [-0.2, 0) is 11.4 Å². The second-order valence-electron chi connectivity index (χ2n) is 7.21. The Hall–Kier alpha value is -3.14. The van der Waals surface area contributed by atoms with Crippen LogP contribution in [0.15, 0.2) is 75.0 Å². The predicted molar refractivity (Wildman–Crippen MR) is 138 cm³/mol. The van der Waals surface area contributed by atoms with Gasteiger partial charge in [0.25, 0.3) is 11.8 Å². The smallest absolute Gasteiger partial charge is 0.279 e. The first-order valence-electron chi connectivity index (χ1n) is 10.2. The van der Waals surface area contributed by atoms with E-state index in [0.29, 0.717) is 42.6 Å². The number of rotatable bonds is 6. The summed E-state index contributed by atoms with van der Waals surface area (Å²) in [6, 6.07) is 16.1. The summed E-state index contributed by atoms with van der Waals surface area (Å²) in [5.74, 6) is -0.436. The van der Waals surface area contributed by atoms with E-state index in [4.69, 9.17) is 21.1 Å². The summed E-state index contributed by atoms with van der Waals surface area (Å²) in [6.07, 6.45) is 1.64. The number of thioether (sulfide) groups is 1. The predicted octanol–water partition coefficient (Wildman–Crippen LogP) is 6.23. The quantitative estimate of drug-likeness (QED) is 0.353. The van der Waals surface area contributed by atoms with Gasteiger partial charge in [-0.05, 0) is 81.8 Å². The Bertz CT molecular complexity index is 1360. The standard InChI is InChI=1S/C25H17BrClFN2O4S/c1-33-20-11-14(10-18(26)22(20)34-13-16-4-2-3-5-19(16)28)12-21-24(32)30-25(35-21)29-23(31)15-6-8-17(27)9-7-15/h2-12H,13H2,1H3,(H,29,30,31,32)/b21-12-. The van der Waals surface area contributed by atoms with E-state index in [-0.39, 0.29) is 23.5 Å². The van der Waals surface area contributed by atoms with Gasteiger partial charge in [0.15, 0.2) is 16.7 Å². The molecule has 1 saturated heterocycles. The zero-order chi connectivity index (χ0) is 24.9. The highest BCUT2D eigenvalue weighted by atomic mass is 79.9. The van der Waals surface area contributed by atoms with Crippen LogP contribution in [0.5, 0.6) is 11.5 Å². The lowest BCUT2D eigenvalue weighted by Gasteiger charge is -2.14. The van der Waals surface area contributed by atoms with Gasteiger partial charge in [-0.15, -0.1) is 0 Å². The highest BCUT2D eigenvalue weighted by molar-refractivity contribution is 9.10. The maximum absolute atomic E-state index is 13.9. The van der Waals surface area contributed by atoms with Crippen molar-refractivity contribution in [2.75, 3.05) is 7.11 Å². The molecule has 1 aliphatic heterocycles. The van der Waals surface area contributed by atoms with Crippen molar-refractivity contribution < 1.29 is 23.5 Å². The number of nitrogens with zero attached hydrogens (tertiary/aromatic N) is 1. The first kappa shape index (κ1) is 25.0. The Kier molecular flexibility index (Phi) is 7.90. The van der Waals surface area contributed by atoms with Crippen LogP contribution < -0.4 is 14.8 Å². The fourth-order valence-electron chi connectivity index (χ4n) is 3.11. The van der Waals surface area contributed by atoms with Gasteiger partial charge in [0.1, 0.15) is 12.4 Å². The van der Waals surface area contributed by atoms with Gasteiger partial charge in [-0.2, -0.15) is 4.99 Å². The van der Waals surface area contributed by atoms with Crippen LogP contribution >= 0.6 is 39.3 Å². The molecule has 2 amide bonds. The molecule has 35 heavy (non-hydrogen) atoms. The summed E-state index contributed by atoms with van der Waals surface area (Å²) in [4.78, 5) is 29.1. The van der Waals surface area contributed by atoms with Gasteiger partial charge >= 0.3 is 0 Å². The highest BCUT2D eigenvalue weighted by Crippen LogP contribution is 2.38. The molecule has 0 bridgehead atoms. The second-order valence-corrected chi connectivity index (χ2v) is 9.53. The summed E-state index contributed by atoms with van der Waals surface area (Å²) in [5, 5.41) is 3.28. The lowest BCUT2D eigenvalue weighted by atomic mass is 10.1. The zero-order valence-corrected chi connectivity index (χ0v) is 21.3. The molecule has 0 atom stereocenters. The van der Waals surface area contributed by atoms with E-state index in [1.807, 2.05) is 0 Å². The molecule has 178 valence electrons.